The predicted octanol–water partition coefficient (Wildman–Crippen LogP) is 1.26. The van der Waals surface area contributed by atoms with Crippen molar-refractivity contribution in [2.75, 3.05) is 0 Å². The molecule has 0 aromatic carbocycles. The number of nitrogens with two attached hydrogens (primary N) is 1. The number of carbonyl (C=O) groups excluding carboxylic acids is 1. The van der Waals surface area contributed by atoms with Crippen LogP contribution in [-0.4, -0.2) is 22.7 Å². The number of ether oxygens (including phenoxy) is 1. The number of rotatable bonds is 0. The molecule has 0 radical (unpaired) electrons. The van der Waals surface area contributed by atoms with Gasteiger partial charge in [-0.05, 0) is 30.6 Å². The van der Waals surface area contributed by atoms with Gasteiger partial charge in [0.15, 0.2) is 0 Å². The molecule has 2 bridgehead atoms. The lowest BCUT2D eigenvalue weighted by Crippen LogP contribution is -2.58. The third-order valence-electron chi connectivity index (χ3n) is 4.91. The molecule has 1 saturated heterocycles. The molecule has 4 heteroatoms. The molecular weight excluding hydrogens is 180 g/mol. The van der Waals surface area contributed by atoms with Gasteiger partial charge in [-0.15, -0.1) is 0 Å². The molecule has 1 spiro atoms. The Bertz CT molecular complexity index is 315. The Hall–Kier alpha value is -0.770. The molecule has 3 rings (SSSR count). The molecule has 1 aliphatic heterocycles. The summed E-state index contributed by atoms with van der Waals surface area (Å²) in [4.78, 5) is 11.4. The zero-order valence-electron chi connectivity index (χ0n) is 8.62. The van der Waals surface area contributed by atoms with Gasteiger partial charge in [0.2, 0.25) is 0 Å². The highest BCUT2D eigenvalue weighted by molar-refractivity contribution is 5.72. The van der Waals surface area contributed by atoms with Crippen LogP contribution in [0.2, 0.25) is 0 Å². The first kappa shape index (κ1) is 8.53. The number of amides is 1. The van der Waals surface area contributed by atoms with Gasteiger partial charge in [-0.1, -0.05) is 13.8 Å². The number of nitrogens with zero attached hydrogens (tertiary/aromatic N) is 1. The van der Waals surface area contributed by atoms with E-state index in [1.807, 2.05) is 0 Å². The summed E-state index contributed by atoms with van der Waals surface area (Å²) in [7, 11) is 0. The lowest BCUT2D eigenvalue weighted by atomic mass is 9.75. The van der Waals surface area contributed by atoms with E-state index in [9.17, 15) is 4.79 Å². The lowest BCUT2D eigenvalue weighted by Gasteiger charge is -2.39. The lowest BCUT2D eigenvalue weighted by molar-refractivity contribution is 0.0554. The summed E-state index contributed by atoms with van der Waals surface area (Å²) >= 11 is 0. The maximum absolute atomic E-state index is 11.4. The molecule has 1 amide bonds. The molecule has 2 saturated carbocycles. The van der Waals surface area contributed by atoms with Crippen LogP contribution in [0.5, 0.6) is 0 Å². The van der Waals surface area contributed by atoms with Gasteiger partial charge in [0, 0.05) is 0 Å². The monoisotopic (exact) mass is 196 g/mol. The van der Waals surface area contributed by atoms with Gasteiger partial charge < -0.3 is 4.74 Å². The van der Waals surface area contributed by atoms with Crippen molar-refractivity contribution in [2.45, 2.75) is 44.8 Å². The van der Waals surface area contributed by atoms with Crippen LogP contribution in [0.25, 0.3) is 0 Å². The second-order valence-corrected chi connectivity index (χ2v) is 5.36. The van der Waals surface area contributed by atoms with Gasteiger partial charge in [0.1, 0.15) is 11.6 Å². The van der Waals surface area contributed by atoms with Crippen LogP contribution in [0.4, 0.5) is 4.79 Å². The largest absolute Gasteiger partial charge is 0.443 e. The van der Waals surface area contributed by atoms with Crippen molar-refractivity contribution in [3.05, 3.63) is 0 Å². The Kier molecular flexibility index (Phi) is 1.27. The Morgan fingerprint density at radius 1 is 1.57 bits per heavy atom. The van der Waals surface area contributed by atoms with Gasteiger partial charge >= 0.3 is 6.09 Å². The molecule has 3 fully saturated rings. The van der Waals surface area contributed by atoms with Crippen molar-refractivity contribution in [3.8, 4) is 0 Å². The standard InChI is InChI=1S/C10H16N2O2/c1-9(2)6-3-4-10(9)7(5-6)14-8(13)12(10)11/h6-7H,3-5,11H2,1-2H3/t6-,7+,10-/m0/s1. The predicted molar refractivity (Wildman–Crippen MR) is 50.1 cm³/mol. The zero-order valence-corrected chi connectivity index (χ0v) is 8.62. The minimum Gasteiger partial charge on any atom is -0.443 e. The Morgan fingerprint density at radius 3 is 2.86 bits per heavy atom. The zero-order chi connectivity index (χ0) is 10.1. The first-order valence-electron chi connectivity index (χ1n) is 5.26. The average molecular weight is 196 g/mol. The number of hydrogen-bond donors (Lipinski definition) is 1. The average Bonchev–Trinajstić information content (AvgIpc) is 2.60. The molecule has 14 heavy (non-hydrogen) atoms. The van der Waals surface area contributed by atoms with E-state index in [-0.39, 0.29) is 23.2 Å². The molecule has 0 aromatic heterocycles. The van der Waals surface area contributed by atoms with E-state index < -0.39 is 0 Å². The molecule has 3 aliphatic rings. The maximum atomic E-state index is 11.4. The molecule has 2 N–H and O–H groups in total. The van der Waals surface area contributed by atoms with Crippen molar-refractivity contribution >= 4 is 6.09 Å². The van der Waals surface area contributed by atoms with E-state index in [1.165, 1.54) is 11.4 Å². The topological polar surface area (TPSA) is 55.6 Å². The summed E-state index contributed by atoms with van der Waals surface area (Å²) < 4.78 is 5.32. The number of carbonyl (C=O) groups is 1. The fraction of sp³-hybridized carbons (Fsp3) is 0.900. The first-order chi connectivity index (χ1) is 6.50. The smallest absolute Gasteiger partial charge is 0.425 e. The number of fused-ring (bicyclic) bond motifs is 1. The van der Waals surface area contributed by atoms with Gasteiger partial charge in [-0.3, -0.25) is 0 Å². The third-order valence-corrected chi connectivity index (χ3v) is 4.91. The normalized spacial score (nSPS) is 48.2. The second kappa shape index (κ2) is 2.08. The minimum absolute atomic E-state index is 0.0359. The fourth-order valence-electron chi connectivity index (χ4n) is 3.95. The maximum Gasteiger partial charge on any atom is 0.425 e. The molecule has 78 valence electrons. The Balaban J connectivity index is 2.13. The molecule has 4 nitrogen and oxygen atoms in total. The molecular formula is C10H16N2O2. The van der Waals surface area contributed by atoms with E-state index in [2.05, 4.69) is 13.8 Å². The molecule has 3 atom stereocenters. The number of hydrogen-bond acceptors (Lipinski definition) is 3. The van der Waals surface area contributed by atoms with Gasteiger partial charge in [-0.2, -0.15) is 0 Å². The third kappa shape index (κ3) is 0.601. The fourth-order valence-corrected chi connectivity index (χ4v) is 3.95. The molecule has 0 unspecified atom stereocenters. The Labute approximate surface area is 83.4 Å². The van der Waals surface area contributed by atoms with Gasteiger partial charge in [-0.25, -0.2) is 15.6 Å². The van der Waals surface area contributed by atoms with Gasteiger partial charge in [0.05, 0.1) is 0 Å². The summed E-state index contributed by atoms with van der Waals surface area (Å²) in [5.74, 6) is 6.53. The van der Waals surface area contributed by atoms with Crippen molar-refractivity contribution in [1.29, 1.82) is 0 Å². The van der Waals surface area contributed by atoms with Crippen LogP contribution >= 0.6 is 0 Å². The SMILES string of the molecule is CC1(C)[C@H]2CC[C@]13[C@@H](C2)OC(=O)N3N. The van der Waals surface area contributed by atoms with E-state index in [4.69, 9.17) is 10.6 Å². The minimum atomic E-state index is -0.344. The molecule has 1 heterocycles. The van der Waals surface area contributed by atoms with Crippen LogP contribution in [0.1, 0.15) is 33.1 Å². The van der Waals surface area contributed by atoms with E-state index >= 15 is 0 Å². The van der Waals surface area contributed by atoms with Crippen LogP contribution in [-0.2, 0) is 4.74 Å². The summed E-state index contributed by atoms with van der Waals surface area (Å²) in [5.41, 5.74) is -0.104. The van der Waals surface area contributed by atoms with Crippen molar-refractivity contribution < 1.29 is 9.53 Å². The van der Waals surface area contributed by atoms with E-state index in [0.717, 1.165) is 12.8 Å². The van der Waals surface area contributed by atoms with Gasteiger partial charge in [0.25, 0.3) is 0 Å². The van der Waals surface area contributed by atoms with Crippen LogP contribution in [0.3, 0.4) is 0 Å². The van der Waals surface area contributed by atoms with Crippen molar-refractivity contribution in [2.24, 2.45) is 17.2 Å². The quantitative estimate of drug-likeness (QED) is 0.468. The molecule has 0 aromatic rings. The summed E-state index contributed by atoms with van der Waals surface area (Å²) in [5, 5.41) is 1.37. The highest BCUT2D eigenvalue weighted by atomic mass is 16.6. The van der Waals surface area contributed by atoms with Crippen LogP contribution in [0.15, 0.2) is 0 Å². The summed E-state index contributed by atoms with van der Waals surface area (Å²) in [6.45, 7) is 4.43. The van der Waals surface area contributed by atoms with Crippen LogP contribution in [0, 0.1) is 11.3 Å². The summed E-state index contributed by atoms with van der Waals surface area (Å²) in [6.07, 6.45) is 2.86. The summed E-state index contributed by atoms with van der Waals surface area (Å²) in [6, 6.07) is 0. The molecule has 2 aliphatic carbocycles. The van der Waals surface area contributed by atoms with E-state index in [0.29, 0.717) is 5.92 Å². The first-order valence-corrected chi connectivity index (χ1v) is 5.26. The Morgan fingerprint density at radius 2 is 2.29 bits per heavy atom. The van der Waals surface area contributed by atoms with Crippen LogP contribution < -0.4 is 5.84 Å². The highest BCUT2D eigenvalue weighted by Crippen LogP contribution is 2.64. The highest BCUT2D eigenvalue weighted by Gasteiger charge is 2.72. The van der Waals surface area contributed by atoms with E-state index in [1.54, 1.807) is 0 Å². The van der Waals surface area contributed by atoms with Crippen molar-refractivity contribution in [3.63, 3.8) is 0 Å². The second-order valence-electron chi connectivity index (χ2n) is 5.36. The number of hydrazine groups is 1. The van der Waals surface area contributed by atoms with Crippen molar-refractivity contribution in [1.82, 2.24) is 5.01 Å².